The van der Waals surface area contributed by atoms with Gasteiger partial charge in [-0.15, -0.1) is 0 Å². The minimum Gasteiger partial charge on any atom is -0.444 e. The van der Waals surface area contributed by atoms with Gasteiger partial charge in [0.1, 0.15) is 11.4 Å². The molecule has 1 saturated heterocycles. The number of aryl methyl sites for hydroxylation is 1. The molecule has 4 aromatic rings. The van der Waals surface area contributed by atoms with Crippen molar-refractivity contribution in [1.29, 1.82) is 0 Å². The van der Waals surface area contributed by atoms with E-state index in [9.17, 15) is 9.90 Å². The summed E-state index contributed by atoms with van der Waals surface area (Å²) < 4.78 is 12.1. The molecule has 1 aliphatic rings. The second kappa shape index (κ2) is 13.7. The van der Waals surface area contributed by atoms with Gasteiger partial charge in [0.2, 0.25) is 11.8 Å². The minimum absolute atomic E-state index is 0.00562. The first-order chi connectivity index (χ1) is 21.5. The van der Waals surface area contributed by atoms with Gasteiger partial charge in [-0.25, -0.2) is 19.7 Å². The number of piperidine rings is 1. The summed E-state index contributed by atoms with van der Waals surface area (Å²) in [5, 5.41) is 19.1. The van der Waals surface area contributed by atoms with Crippen LogP contribution in [-0.4, -0.2) is 68.4 Å². The zero-order chi connectivity index (χ0) is 32.1. The number of carbonyl (C=O) groups excluding carboxylic acids is 1. The third kappa shape index (κ3) is 7.99. The Kier molecular flexibility index (Phi) is 9.72. The SMILES string of the molecule is Cc1ccc2c(NC[C@H](O)C(C)C)cccc2c1Oc1ncccc1-c1ccnc(N[C@H]2CCCN(C(=O)OC(C)(C)C)C2)n1. The van der Waals surface area contributed by atoms with Gasteiger partial charge in [-0.3, -0.25) is 0 Å². The molecule has 10 heteroatoms. The lowest BCUT2D eigenvalue weighted by atomic mass is 10.0. The summed E-state index contributed by atoms with van der Waals surface area (Å²) in [6.45, 7) is 13.3. The van der Waals surface area contributed by atoms with E-state index in [1.165, 1.54) is 0 Å². The van der Waals surface area contributed by atoms with Gasteiger partial charge in [-0.2, -0.15) is 0 Å². The lowest BCUT2D eigenvalue weighted by Gasteiger charge is -2.34. The molecule has 1 aliphatic heterocycles. The summed E-state index contributed by atoms with van der Waals surface area (Å²) in [7, 11) is 0. The predicted octanol–water partition coefficient (Wildman–Crippen LogP) is 7.03. The lowest BCUT2D eigenvalue weighted by Crippen LogP contribution is -2.47. The van der Waals surface area contributed by atoms with E-state index in [0.717, 1.165) is 40.4 Å². The van der Waals surface area contributed by atoms with Crippen molar-refractivity contribution >= 4 is 28.5 Å². The Morgan fingerprint density at radius 3 is 2.67 bits per heavy atom. The number of amides is 1. The van der Waals surface area contributed by atoms with Crippen LogP contribution in [0.5, 0.6) is 11.6 Å². The second-order valence-corrected chi connectivity index (χ2v) is 12.9. The van der Waals surface area contributed by atoms with Crippen molar-refractivity contribution in [3.8, 4) is 22.9 Å². The molecule has 0 saturated carbocycles. The molecule has 45 heavy (non-hydrogen) atoms. The molecule has 0 aliphatic carbocycles. The van der Waals surface area contributed by atoms with Crippen LogP contribution in [0.15, 0.2) is 60.9 Å². The number of benzene rings is 2. The summed E-state index contributed by atoms with van der Waals surface area (Å²) in [6.07, 6.45) is 4.40. The fourth-order valence-corrected chi connectivity index (χ4v) is 5.29. The topological polar surface area (TPSA) is 122 Å². The summed E-state index contributed by atoms with van der Waals surface area (Å²) >= 11 is 0. The highest BCUT2D eigenvalue weighted by atomic mass is 16.6. The van der Waals surface area contributed by atoms with E-state index in [1.807, 2.05) is 84.0 Å². The number of anilines is 2. The fourth-order valence-electron chi connectivity index (χ4n) is 5.29. The van der Waals surface area contributed by atoms with E-state index in [1.54, 1.807) is 17.3 Å². The molecule has 0 radical (unpaired) electrons. The van der Waals surface area contributed by atoms with Crippen LogP contribution < -0.4 is 15.4 Å². The summed E-state index contributed by atoms with van der Waals surface area (Å²) in [4.78, 5) is 28.3. The fraction of sp³-hybridized carbons (Fsp3) is 0.429. The Labute approximate surface area is 265 Å². The number of aliphatic hydroxyl groups excluding tert-OH is 1. The molecule has 1 fully saturated rings. The highest BCUT2D eigenvalue weighted by Gasteiger charge is 2.28. The Morgan fingerprint density at radius 2 is 1.89 bits per heavy atom. The van der Waals surface area contributed by atoms with E-state index in [-0.39, 0.29) is 18.1 Å². The Balaban J connectivity index is 1.37. The van der Waals surface area contributed by atoms with Crippen LogP contribution in [0, 0.1) is 12.8 Å². The molecule has 0 spiro atoms. The van der Waals surface area contributed by atoms with E-state index in [2.05, 4.69) is 26.7 Å². The van der Waals surface area contributed by atoms with Crippen molar-refractivity contribution in [1.82, 2.24) is 19.9 Å². The molecule has 5 rings (SSSR count). The number of nitrogens with zero attached hydrogens (tertiary/aromatic N) is 4. The number of carbonyl (C=O) groups is 1. The summed E-state index contributed by atoms with van der Waals surface area (Å²) in [5.41, 5.74) is 2.75. The third-order valence-electron chi connectivity index (χ3n) is 7.79. The lowest BCUT2D eigenvalue weighted by molar-refractivity contribution is 0.0206. The zero-order valence-electron chi connectivity index (χ0n) is 27.0. The molecule has 2 aromatic heterocycles. The average Bonchev–Trinajstić information content (AvgIpc) is 3.00. The highest BCUT2D eigenvalue weighted by Crippen LogP contribution is 2.38. The van der Waals surface area contributed by atoms with Crippen LogP contribution in [0.2, 0.25) is 0 Å². The molecule has 2 atom stereocenters. The number of aliphatic hydroxyl groups is 1. The van der Waals surface area contributed by atoms with Crippen LogP contribution in [-0.2, 0) is 4.74 Å². The number of nitrogens with one attached hydrogen (secondary N) is 2. The van der Waals surface area contributed by atoms with Crippen molar-refractivity contribution in [2.45, 2.75) is 72.1 Å². The number of aromatic nitrogens is 3. The number of pyridine rings is 1. The van der Waals surface area contributed by atoms with Gasteiger partial charge in [-0.1, -0.05) is 38.1 Å². The number of hydrogen-bond acceptors (Lipinski definition) is 9. The number of rotatable bonds is 9. The zero-order valence-corrected chi connectivity index (χ0v) is 27.0. The Bertz CT molecular complexity index is 1640. The quantitative estimate of drug-likeness (QED) is 0.183. The molecule has 10 nitrogen and oxygen atoms in total. The van der Waals surface area contributed by atoms with Crippen LogP contribution in [0.1, 0.15) is 53.0 Å². The van der Waals surface area contributed by atoms with Gasteiger partial charge in [0.15, 0.2) is 0 Å². The number of fused-ring (bicyclic) bond motifs is 1. The molecule has 0 unspecified atom stereocenters. The first-order valence-electron chi connectivity index (χ1n) is 15.6. The second-order valence-electron chi connectivity index (χ2n) is 12.9. The molecule has 2 aromatic carbocycles. The normalized spacial score (nSPS) is 16.0. The first-order valence-corrected chi connectivity index (χ1v) is 15.6. The van der Waals surface area contributed by atoms with E-state index < -0.39 is 11.7 Å². The van der Waals surface area contributed by atoms with Crippen molar-refractivity contribution in [2.24, 2.45) is 5.92 Å². The monoisotopic (exact) mass is 612 g/mol. The van der Waals surface area contributed by atoms with E-state index in [0.29, 0.717) is 42.9 Å². The van der Waals surface area contributed by atoms with Gasteiger partial charge in [-0.05, 0) is 76.3 Å². The van der Waals surface area contributed by atoms with Crippen LogP contribution >= 0.6 is 0 Å². The largest absolute Gasteiger partial charge is 0.444 e. The molecule has 238 valence electrons. The molecule has 1 amide bonds. The number of hydrogen-bond donors (Lipinski definition) is 3. The minimum atomic E-state index is -0.542. The standard InChI is InChI=1S/C35H44N6O4/c1-22(2)30(42)20-38-28-13-7-11-26-25(28)15-14-23(3)31(26)44-32-27(12-8-17-36-32)29-16-18-37-33(40-29)39-24-10-9-19-41(21-24)34(43)45-35(4,5)6/h7-8,11-18,22,24,30,38,42H,9-10,19-21H2,1-6H3,(H,37,39,40)/t24-,30-/m0/s1. The third-order valence-corrected chi connectivity index (χ3v) is 7.79. The first kappa shape index (κ1) is 32.0. The highest BCUT2D eigenvalue weighted by molar-refractivity contribution is 5.98. The van der Waals surface area contributed by atoms with Gasteiger partial charge in [0.25, 0.3) is 0 Å². The Hall–Kier alpha value is -4.44. The molecule has 3 heterocycles. The van der Waals surface area contributed by atoms with Gasteiger partial charge >= 0.3 is 6.09 Å². The van der Waals surface area contributed by atoms with Crippen LogP contribution in [0.4, 0.5) is 16.4 Å². The van der Waals surface area contributed by atoms with Crippen molar-refractivity contribution < 1.29 is 19.4 Å². The van der Waals surface area contributed by atoms with Gasteiger partial charge in [0.05, 0.1) is 17.4 Å². The van der Waals surface area contributed by atoms with E-state index in [4.69, 9.17) is 14.5 Å². The van der Waals surface area contributed by atoms with Crippen LogP contribution in [0.25, 0.3) is 22.0 Å². The average molecular weight is 613 g/mol. The predicted molar refractivity (Wildman–Crippen MR) is 178 cm³/mol. The summed E-state index contributed by atoms with van der Waals surface area (Å²) in [5.74, 6) is 1.76. The van der Waals surface area contributed by atoms with Crippen molar-refractivity contribution in [3.05, 3.63) is 66.5 Å². The van der Waals surface area contributed by atoms with E-state index >= 15 is 0 Å². The number of likely N-dealkylation sites (tertiary alicyclic amines) is 1. The maximum atomic E-state index is 12.7. The number of ether oxygens (including phenoxy) is 2. The van der Waals surface area contributed by atoms with Gasteiger partial charge in [0, 0.05) is 54.5 Å². The van der Waals surface area contributed by atoms with Crippen molar-refractivity contribution in [3.63, 3.8) is 0 Å². The maximum absolute atomic E-state index is 12.7. The maximum Gasteiger partial charge on any atom is 0.410 e. The molecule has 3 N–H and O–H groups in total. The smallest absolute Gasteiger partial charge is 0.410 e. The Morgan fingerprint density at radius 1 is 1.07 bits per heavy atom. The molecular weight excluding hydrogens is 568 g/mol. The summed E-state index contributed by atoms with van der Waals surface area (Å²) in [6, 6.07) is 15.7. The van der Waals surface area contributed by atoms with Crippen molar-refractivity contribution in [2.75, 3.05) is 30.3 Å². The molecule has 0 bridgehead atoms. The molecular formula is C35H44N6O4. The van der Waals surface area contributed by atoms with Crippen LogP contribution in [0.3, 0.4) is 0 Å². The van der Waals surface area contributed by atoms with Gasteiger partial charge < -0.3 is 30.1 Å².